The number of nitrogens with zero attached hydrogens (tertiary/aromatic N) is 3. The van der Waals surface area contributed by atoms with Crippen LogP contribution in [-0.2, 0) is 0 Å². The van der Waals surface area contributed by atoms with Gasteiger partial charge in [0.15, 0.2) is 5.82 Å². The maximum absolute atomic E-state index is 9.50. The highest BCUT2D eigenvalue weighted by Crippen LogP contribution is 2.27. The van der Waals surface area contributed by atoms with E-state index in [1.54, 1.807) is 6.92 Å². The van der Waals surface area contributed by atoms with Crippen LogP contribution in [0.25, 0.3) is 0 Å². The fourth-order valence-electron chi connectivity index (χ4n) is 1.73. The van der Waals surface area contributed by atoms with E-state index < -0.39 is 6.10 Å². The second-order valence-electron chi connectivity index (χ2n) is 4.59. The molecule has 0 spiro atoms. The van der Waals surface area contributed by atoms with E-state index in [0.717, 1.165) is 23.9 Å². The zero-order valence-electron chi connectivity index (χ0n) is 10.5. The highest BCUT2D eigenvalue weighted by molar-refractivity contribution is 7.99. The van der Waals surface area contributed by atoms with Crippen molar-refractivity contribution in [3.8, 4) is 0 Å². The van der Waals surface area contributed by atoms with Gasteiger partial charge in [-0.15, -0.1) is 0 Å². The summed E-state index contributed by atoms with van der Waals surface area (Å²) in [6, 6.07) is 0.229. The Balaban J connectivity index is 2.12. The molecular weight excluding hydrogens is 238 g/mol. The minimum Gasteiger partial charge on any atom is -0.393 e. The van der Waals surface area contributed by atoms with Crippen LogP contribution in [0.3, 0.4) is 0 Å². The van der Waals surface area contributed by atoms with Gasteiger partial charge >= 0.3 is 0 Å². The topological polar surface area (TPSA) is 62.4 Å². The zero-order valence-corrected chi connectivity index (χ0v) is 11.3. The third-order valence-electron chi connectivity index (χ3n) is 3.26. The summed E-state index contributed by atoms with van der Waals surface area (Å²) in [5.74, 6) is 3.30. The Morgan fingerprint density at radius 3 is 2.94 bits per heavy atom. The monoisotopic (exact) mass is 257 g/mol. The van der Waals surface area contributed by atoms with E-state index in [0.29, 0.717) is 5.89 Å². The first-order chi connectivity index (χ1) is 8.09. The van der Waals surface area contributed by atoms with Gasteiger partial charge in [-0.3, -0.25) is 4.90 Å². The van der Waals surface area contributed by atoms with Gasteiger partial charge in [0.05, 0.1) is 18.1 Å². The minimum atomic E-state index is -0.471. The van der Waals surface area contributed by atoms with Crippen LogP contribution in [-0.4, -0.2) is 51.3 Å². The molecule has 0 radical (unpaired) electrons. The summed E-state index contributed by atoms with van der Waals surface area (Å²) in [7, 11) is 2.08. The molecule has 1 saturated heterocycles. The zero-order chi connectivity index (χ0) is 12.4. The molecule has 6 heteroatoms. The third kappa shape index (κ3) is 2.81. The lowest BCUT2D eigenvalue weighted by Gasteiger charge is -2.29. The minimum absolute atomic E-state index is 0.113. The first-order valence-corrected chi connectivity index (χ1v) is 7.04. The number of aliphatic hydroxyl groups excluding tert-OH is 1. The van der Waals surface area contributed by atoms with Crippen molar-refractivity contribution in [1.29, 1.82) is 0 Å². The van der Waals surface area contributed by atoms with E-state index in [1.807, 2.05) is 18.7 Å². The molecule has 0 aromatic carbocycles. The molecule has 0 amide bonds. The number of aliphatic hydroxyl groups is 1. The Bertz CT molecular complexity index is 369. The Kier molecular flexibility index (Phi) is 4.06. The quantitative estimate of drug-likeness (QED) is 0.880. The summed E-state index contributed by atoms with van der Waals surface area (Å²) in [5.41, 5.74) is 0. The molecule has 3 atom stereocenters. The Morgan fingerprint density at radius 2 is 2.29 bits per heavy atom. The molecule has 96 valence electrons. The van der Waals surface area contributed by atoms with Gasteiger partial charge in [-0.1, -0.05) is 12.1 Å². The van der Waals surface area contributed by atoms with Crippen LogP contribution in [0.2, 0.25) is 0 Å². The van der Waals surface area contributed by atoms with Crippen molar-refractivity contribution < 1.29 is 9.63 Å². The summed E-state index contributed by atoms with van der Waals surface area (Å²) >= 11 is 1.91. The van der Waals surface area contributed by atoms with Gasteiger partial charge in [0, 0.05) is 18.1 Å². The van der Waals surface area contributed by atoms with Gasteiger partial charge in [-0.2, -0.15) is 16.7 Å². The molecule has 0 saturated carbocycles. The van der Waals surface area contributed by atoms with Crippen molar-refractivity contribution in [1.82, 2.24) is 15.0 Å². The Morgan fingerprint density at radius 1 is 1.53 bits per heavy atom. The van der Waals surface area contributed by atoms with Crippen molar-refractivity contribution in [3.05, 3.63) is 11.7 Å². The molecule has 1 fully saturated rings. The molecule has 2 heterocycles. The van der Waals surface area contributed by atoms with Gasteiger partial charge in [-0.05, 0) is 14.0 Å². The van der Waals surface area contributed by atoms with Crippen molar-refractivity contribution in [2.45, 2.75) is 31.9 Å². The van der Waals surface area contributed by atoms with Crippen LogP contribution in [0, 0.1) is 0 Å². The number of aromatic nitrogens is 2. The molecule has 3 unspecified atom stereocenters. The summed E-state index contributed by atoms with van der Waals surface area (Å²) in [4.78, 5) is 6.66. The molecule has 1 aliphatic rings. The average molecular weight is 257 g/mol. The second-order valence-corrected chi connectivity index (χ2v) is 5.74. The molecule has 17 heavy (non-hydrogen) atoms. The Hall–Kier alpha value is -0.590. The standard InChI is InChI=1S/C11H19N3O2S/c1-7(8(2)15)11-12-10(13-16-11)9-6-17-5-4-14(9)3/h7-9,15H,4-6H2,1-3H3. The van der Waals surface area contributed by atoms with Crippen LogP contribution in [0.5, 0.6) is 0 Å². The second kappa shape index (κ2) is 5.37. The first-order valence-electron chi connectivity index (χ1n) is 5.89. The van der Waals surface area contributed by atoms with E-state index in [2.05, 4.69) is 22.1 Å². The number of hydrogen-bond acceptors (Lipinski definition) is 6. The fraction of sp³-hybridized carbons (Fsp3) is 0.818. The molecule has 5 nitrogen and oxygen atoms in total. The fourth-order valence-corrected chi connectivity index (χ4v) is 2.94. The molecule has 2 rings (SSSR count). The predicted molar refractivity (Wildman–Crippen MR) is 67.1 cm³/mol. The van der Waals surface area contributed by atoms with Gasteiger partial charge < -0.3 is 9.63 Å². The molecular formula is C11H19N3O2S. The number of rotatable bonds is 3. The molecule has 0 aliphatic carbocycles. The van der Waals surface area contributed by atoms with E-state index in [-0.39, 0.29) is 12.0 Å². The van der Waals surface area contributed by atoms with Crippen molar-refractivity contribution in [2.24, 2.45) is 0 Å². The van der Waals surface area contributed by atoms with Crippen LogP contribution in [0.15, 0.2) is 4.52 Å². The first kappa shape index (κ1) is 12.9. The lowest BCUT2D eigenvalue weighted by molar-refractivity contribution is 0.151. The summed E-state index contributed by atoms with van der Waals surface area (Å²) in [5, 5.41) is 13.5. The van der Waals surface area contributed by atoms with E-state index in [1.165, 1.54) is 0 Å². The van der Waals surface area contributed by atoms with Crippen molar-refractivity contribution >= 4 is 11.8 Å². The van der Waals surface area contributed by atoms with Crippen molar-refractivity contribution in [2.75, 3.05) is 25.1 Å². The molecule has 1 N–H and O–H groups in total. The van der Waals surface area contributed by atoms with Crippen molar-refractivity contribution in [3.63, 3.8) is 0 Å². The van der Waals surface area contributed by atoms with Gasteiger partial charge in [0.25, 0.3) is 0 Å². The maximum Gasteiger partial charge on any atom is 0.232 e. The highest BCUT2D eigenvalue weighted by Gasteiger charge is 2.27. The Labute approximate surface area is 106 Å². The highest BCUT2D eigenvalue weighted by atomic mass is 32.2. The molecule has 1 aromatic rings. The van der Waals surface area contributed by atoms with E-state index in [9.17, 15) is 5.11 Å². The van der Waals surface area contributed by atoms with Crippen LogP contribution in [0.4, 0.5) is 0 Å². The number of hydrogen-bond donors (Lipinski definition) is 1. The van der Waals surface area contributed by atoms with E-state index >= 15 is 0 Å². The predicted octanol–water partition coefficient (Wildman–Crippen LogP) is 1.27. The molecule has 1 aromatic heterocycles. The normalized spacial score (nSPS) is 25.8. The summed E-state index contributed by atoms with van der Waals surface area (Å²) in [6.45, 7) is 4.67. The summed E-state index contributed by atoms with van der Waals surface area (Å²) in [6.07, 6.45) is -0.471. The van der Waals surface area contributed by atoms with Gasteiger partial charge in [-0.25, -0.2) is 0 Å². The van der Waals surface area contributed by atoms with Crippen LogP contribution < -0.4 is 0 Å². The largest absolute Gasteiger partial charge is 0.393 e. The molecule has 0 bridgehead atoms. The lowest BCUT2D eigenvalue weighted by atomic mass is 10.1. The number of thioether (sulfide) groups is 1. The van der Waals surface area contributed by atoms with Gasteiger partial charge in [0.2, 0.25) is 5.89 Å². The average Bonchev–Trinajstić information content (AvgIpc) is 2.77. The van der Waals surface area contributed by atoms with E-state index in [4.69, 9.17) is 4.52 Å². The lowest BCUT2D eigenvalue weighted by Crippen LogP contribution is -2.33. The summed E-state index contributed by atoms with van der Waals surface area (Å²) < 4.78 is 5.23. The molecule has 1 aliphatic heterocycles. The van der Waals surface area contributed by atoms with Gasteiger partial charge in [0.1, 0.15) is 0 Å². The third-order valence-corrected chi connectivity index (χ3v) is 4.29. The maximum atomic E-state index is 9.50. The smallest absolute Gasteiger partial charge is 0.232 e. The van der Waals surface area contributed by atoms with Crippen LogP contribution >= 0.6 is 11.8 Å². The van der Waals surface area contributed by atoms with Crippen LogP contribution in [0.1, 0.15) is 37.5 Å². The SMILES string of the molecule is CC(O)C(C)c1nc(C2CSCCN2C)no1.